The molecule has 3 radical (unpaired) electrons. The third-order valence-electron chi connectivity index (χ3n) is 1.58. The van der Waals surface area contributed by atoms with Gasteiger partial charge in [-0.25, -0.2) is 0 Å². The fraction of sp³-hybridized carbons (Fsp3) is 1.00. The molecule has 0 bridgehead atoms. The summed E-state index contributed by atoms with van der Waals surface area (Å²) in [7, 11) is 3.45. The molecule has 0 spiro atoms. The third kappa shape index (κ3) is 1.60. The first-order valence-electron chi connectivity index (χ1n) is 3.16. The molecule has 1 heterocycles. The first-order chi connectivity index (χ1) is 3.93. The summed E-state index contributed by atoms with van der Waals surface area (Å²) in [5.74, 6) is 0.840. The molecular weight excluding hydrogens is 116 g/mol. The van der Waals surface area contributed by atoms with Gasteiger partial charge in [0, 0.05) is 23.5 Å². The molecular formula is C6H11OSi. The first kappa shape index (κ1) is 6.30. The van der Waals surface area contributed by atoms with E-state index < -0.39 is 0 Å². The van der Waals surface area contributed by atoms with Crippen molar-refractivity contribution in [3.63, 3.8) is 0 Å². The van der Waals surface area contributed by atoms with Crippen LogP contribution in [0.1, 0.15) is 12.8 Å². The summed E-state index contributed by atoms with van der Waals surface area (Å²) in [5.41, 5.74) is 0. The van der Waals surface area contributed by atoms with Crippen molar-refractivity contribution in [2.24, 2.45) is 5.92 Å². The Balaban J connectivity index is 2.06. The SMILES string of the molecule is [Si]CCC1CCOC1. The lowest BCUT2D eigenvalue weighted by molar-refractivity contribution is 0.185. The van der Waals surface area contributed by atoms with Gasteiger partial charge in [0.25, 0.3) is 0 Å². The van der Waals surface area contributed by atoms with E-state index in [1.807, 2.05) is 0 Å². The van der Waals surface area contributed by atoms with Crippen LogP contribution in [0.2, 0.25) is 6.04 Å². The molecule has 0 aromatic rings. The van der Waals surface area contributed by atoms with E-state index >= 15 is 0 Å². The lowest BCUT2D eigenvalue weighted by atomic mass is 10.1. The Morgan fingerprint density at radius 2 is 2.50 bits per heavy atom. The van der Waals surface area contributed by atoms with Crippen LogP contribution in [0, 0.1) is 5.92 Å². The van der Waals surface area contributed by atoms with E-state index in [1.54, 1.807) is 0 Å². The minimum absolute atomic E-state index is 0.840. The van der Waals surface area contributed by atoms with Crippen molar-refractivity contribution in [2.75, 3.05) is 13.2 Å². The molecule has 1 fully saturated rings. The van der Waals surface area contributed by atoms with Crippen molar-refractivity contribution in [3.05, 3.63) is 0 Å². The van der Waals surface area contributed by atoms with Gasteiger partial charge in [0.1, 0.15) is 0 Å². The molecule has 0 saturated carbocycles. The second-order valence-corrected chi connectivity index (χ2v) is 2.77. The Labute approximate surface area is 53.8 Å². The third-order valence-corrected chi connectivity index (χ3v) is 1.87. The van der Waals surface area contributed by atoms with E-state index in [2.05, 4.69) is 10.2 Å². The summed E-state index contributed by atoms with van der Waals surface area (Å²) in [6.45, 7) is 1.97. The molecule has 1 nitrogen and oxygen atoms in total. The maximum Gasteiger partial charge on any atom is 0.0495 e. The number of rotatable bonds is 2. The number of hydrogen-bond acceptors (Lipinski definition) is 1. The molecule has 0 aromatic heterocycles. The highest BCUT2D eigenvalue weighted by atomic mass is 28.1. The lowest BCUT2D eigenvalue weighted by Crippen LogP contribution is -1.97. The zero-order chi connectivity index (χ0) is 5.82. The van der Waals surface area contributed by atoms with Crippen molar-refractivity contribution in [1.82, 2.24) is 0 Å². The van der Waals surface area contributed by atoms with Crippen molar-refractivity contribution in [3.8, 4) is 0 Å². The van der Waals surface area contributed by atoms with E-state index in [-0.39, 0.29) is 0 Å². The van der Waals surface area contributed by atoms with Crippen LogP contribution in [0.15, 0.2) is 0 Å². The highest BCUT2D eigenvalue weighted by Crippen LogP contribution is 2.16. The maximum atomic E-state index is 5.19. The average molecular weight is 127 g/mol. The molecule has 1 aliphatic rings. The molecule has 1 aliphatic heterocycles. The van der Waals surface area contributed by atoms with E-state index in [0.29, 0.717) is 0 Å². The Morgan fingerprint density at radius 1 is 1.62 bits per heavy atom. The molecule has 1 rings (SSSR count). The molecule has 2 heteroatoms. The van der Waals surface area contributed by atoms with Gasteiger partial charge in [0.05, 0.1) is 0 Å². The van der Waals surface area contributed by atoms with Crippen LogP contribution in [0.3, 0.4) is 0 Å². The van der Waals surface area contributed by atoms with E-state index in [0.717, 1.165) is 25.2 Å². The second kappa shape index (κ2) is 3.25. The Hall–Kier alpha value is 0.177. The fourth-order valence-electron chi connectivity index (χ4n) is 1.02. The smallest absolute Gasteiger partial charge is 0.0495 e. The van der Waals surface area contributed by atoms with Gasteiger partial charge < -0.3 is 4.74 Å². The molecule has 1 atom stereocenters. The predicted octanol–water partition coefficient (Wildman–Crippen LogP) is 1.000. The van der Waals surface area contributed by atoms with Crippen molar-refractivity contribution < 1.29 is 4.74 Å². The average Bonchev–Trinajstić information content (AvgIpc) is 2.19. The van der Waals surface area contributed by atoms with Crippen molar-refractivity contribution >= 4 is 10.2 Å². The topological polar surface area (TPSA) is 9.23 Å². The molecule has 0 amide bonds. The zero-order valence-electron chi connectivity index (χ0n) is 5.02. The minimum Gasteiger partial charge on any atom is -0.381 e. The number of hydrogen-bond donors (Lipinski definition) is 0. The Morgan fingerprint density at radius 3 is 3.00 bits per heavy atom. The van der Waals surface area contributed by atoms with Gasteiger partial charge in [-0.2, -0.15) is 0 Å². The summed E-state index contributed by atoms with van der Waals surface area (Å²) in [6.07, 6.45) is 2.54. The van der Waals surface area contributed by atoms with E-state index in [1.165, 1.54) is 12.8 Å². The maximum absolute atomic E-state index is 5.19. The van der Waals surface area contributed by atoms with Gasteiger partial charge in [-0.3, -0.25) is 0 Å². The predicted molar refractivity (Wildman–Crippen MR) is 34.1 cm³/mol. The summed E-state index contributed by atoms with van der Waals surface area (Å²) < 4.78 is 5.19. The molecule has 0 aliphatic carbocycles. The summed E-state index contributed by atoms with van der Waals surface area (Å²) >= 11 is 0. The largest absolute Gasteiger partial charge is 0.381 e. The van der Waals surface area contributed by atoms with Crippen LogP contribution in [0.5, 0.6) is 0 Å². The van der Waals surface area contributed by atoms with Crippen LogP contribution in [-0.4, -0.2) is 23.5 Å². The normalized spacial score (nSPS) is 28.9. The van der Waals surface area contributed by atoms with Crippen LogP contribution in [0.4, 0.5) is 0 Å². The summed E-state index contributed by atoms with van der Waals surface area (Å²) in [6, 6.07) is 1.12. The Kier molecular flexibility index (Phi) is 2.56. The monoisotopic (exact) mass is 127 g/mol. The van der Waals surface area contributed by atoms with Gasteiger partial charge >= 0.3 is 0 Å². The minimum atomic E-state index is 0.840. The van der Waals surface area contributed by atoms with Gasteiger partial charge in [0.15, 0.2) is 0 Å². The highest BCUT2D eigenvalue weighted by Gasteiger charge is 2.13. The fourth-order valence-corrected chi connectivity index (χ4v) is 1.42. The van der Waals surface area contributed by atoms with E-state index in [4.69, 9.17) is 4.74 Å². The van der Waals surface area contributed by atoms with Gasteiger partial charge in [-0.1, -0.05) is 12.5 Å². The first-order valence-corrected chi connectivity index (χ1v) is 3.86. The van der Waals surface area contributed by atoms with Crippen LogP contribution in [0.25, 0.3) is 0 Å². The molecule has 45 valence electrons. The van der Waals surface area contributed by atoms with Crippen molar-refractivity contribution in [2.45, 2.75) is 18.9 Å². The van der Waals surface area contributed by atoms with Crippen LogP contribution in [-0.2, 0) is 4.74 Å². The molecule has 1 unspecified atom stereocenters. The number of ether oxygens (including phenoxy) is 1. The highest BCUT2D eigenvalue weighted by molar-refractivity contribution is 6.08. The summed E-state index contributed by atoms with van der Waals surface area (Å²) in [5, 5.41) is 0. The zero-order valence-corrected chi connectivity index (χ0v) is 6.02. The van der Waals surface area contributed by atoms with Gasteiger partial charge in [0.2, 0.25) is 0 Å². The van der Waals surface area contributed by atoms with Gasteiger partial charge in [-0.05, 0) is 12.3 Å². The molecule has 0 N–H and O–H groups in total. The molecule has 1 saturated heterocycles. The lowest BCUT2D eigenvalue weighted by Gasteiger charge is -2.01. The summed E-state index contributed by atoms with van der Waals surface area (Å²) in [4.78, 5) is 0. The van der Waals surface area contributed by atoms with E-state index in [9.17, 15) is 0 Å². The molecule has 8 heavy (non-hydrogen) atoms. The van der Waals surface area contributed by atoms with Crippen LogP contribution < -0.4 is 0 Å². The van der Waals surface area contributed by atoms with Gasteiger partial charge in [-0.15, -0.1) is 0 Å². The standard InChI is InChI=1S/C6H11OSi/c8-4-2-6-1-3-7-5-6/h6H,1-5H2. The molecule has 0 aromatic carbocycles. The second-order valence-electron chi connectivity index (χ2n) is 2.27. The quantitative estimate of drug-likeness (QED) is 0.503. The van der Waals surface area contributed by atoms with Crippen molar-refractivity contribution in [1.29, 1.82) is 0 Å². The van der Waals surface area contributed by atoms with Crippen LogP contribution >= 0.6 is 0 Å². The Bertz CT molecular complexity index is 59.5.